The van der Waals surface area contributed by atoms with Crippen LogP contribution in [0.25, 0.3) is 0 Å². The average molecular weight is 384 g/mol. The molecule has 1 aliphatic heterocycles. The third-order valence-corrected chi connectivity index (χ3v) is 6.44. The van der Waals surface area contributed by atoms with E-state index in [4.69, 9.17) is 4.99 Å². The molecule has 2 aromatic rings. The van der Waals surface area contributed by atoms with Gasteiger partial charge in [0, 0.05) is 11.9 Å². The molecular weight excluding hydrogens is 358 g/mol. The van der Waals surface area contributed by atoms with E-state index in [9.17, 15) is 9.59 Å². The number of carbonyl (C=O) groups is 2. The van der Waals surface area contributed by atoms with Gasteiger partial charge in [-0.05, 0) is 31.9 Å². The lowest BCUT2D eigenvalue weighted by Gasteiger charge is -2.15. The van der Waals surface area contributed by atoms with Crippen LogP contribution in [-0.2, 0) is 13.1 Å². The summed E-state index contributed by atoms with van der Waals surface area (Å²) >= 11 is 1.62. The van der Waals surface area contributed by atoms with Gasteiger partial charge in [-0.2, -0.15) is 0 Å². The maximum atomic E-state index is 12.6. The van der Waals surface area contributed by atoms with E-state index >= 15 is 0 Å². The number of nitrogens with zero attached hydrogens (tertiary/aromatic N) is 3. The zero-order valence-electron chi connectivity index (χ0n) is 15.7. The number of imide groups is 1. The van der Waals surface area contributed by atoms with Crippen LogP contribution in [0.5, 0.6) is 0 Å². The van der Waals surface area contributed by atoms with Crippen LogP contribution in [0.1, 0.15) is 71.9 Å². The standard InChI is InChI=1S/C21H25N3O2S/c1-2-23-16(14-27-21(23)22-15-9-5-3-4-6-10-15)13-24-19(25)17-11-7-8-12-18(17)20(24)26/h7-8,11-12,14-15H,2-6,9-10,13H2,1H3. The summed E-state index contributed by atoms with van der Waals surface area (Å²) in [6, 6.07) is 7.45. The minimum atomic E-state index is -0.202. The Bertz CT molecular complexity index is 885. The molecule has 5 nitrogen and oxygen atoms in total. The van der Waals surface area contributed by atoms with E-state index in [0.29, 0.717) is 23.7 Å². The fourth-order valence-corrected chi connectivity index (χ4v) is 5.05. The van der Waals surface area contributed by atoms with E-state index < -0.39 is 0 Å². The highest BCUT2D eigenvalue weighted by molar-refractivity contribution is 7.07. The van der Waals surface area contributed by atoms with E-state index in [1.807, 2.05) is 5.38 Å². The lowest BCUT2D eigenvalue weighted by molar-refractivity contribution is 0.0638. The summed E-state index contributed by atoms with van der Waals surface area (Å²) in [6.07, 6.45) is 7.47. The number of amides is 2. The molecule has 0 N–H and O–H groups in total. The number of carbonyl (C=O) groups excluding carboxylic acids is 2. The number of rotatable bonds is 4. The Labute approximate surface area is 163 Å². The molecule has 27 heavy (non-hydrogen) atoms. The zero-order chi connectivity index (χ0) is 18.8. The van der Waals surface area contributed by atoms with Crippen LogP contribution in [0.2, 0.25) is 0 Å². The second-order valence-corrected chi connectivity index (χ2v) is 8.11. The van der Waals surface area contributed by atoms with Gasteiger partial charge in [0.25, 0.3) is 11.8 Å². The largest absolute Gasteiger partial charge is 0.320 e. The summed E-state index contributed by atoms with van der Waals surface area (Å²) in [4.78, 5) is 32.7. The first-order chi connectivity index (χ1) is 13.2. The molecule has 2 heterocycles. The Hall–Kier alpha value is -2.21. The summed E-state index contributed by atoms with van der Waals surface area (Å²) in [6.45, 7) is 3.18. The third kappa shape index (κ3) is 3.50. The molecular formula is C21H25N3O2S. The summed E-state index contributed by atoms with van der Waals surface area (Å²) in [5, 5.41) is 2.04. The Balaban J connectivity index is 1.60. The number of fused-ring (bicyclic) bond motifs is 1. The monoisotopic (exact) mass is 383 g/mol. The predicted molar refractivity (Wildman–Crippen MR) is 106 cm³/mol. The first kappa shape index (κ1) is 18.2. The maximum absolute atomic E-state index is 12.6. The van der Waals surface area contributed by atoms with E-state index in [1.165, 1.54) is 30.6 Å². The predicted octanol–water partition coefficient (Wildman–Crippen LogP) is 3.99. The molecule has 1 fully saturated rings. The van der Waals surface area contributed by atoms with Crippen LogP contribution < -0.4 is 4.80 Å². The molecule has 1 aromatic carbocycles. The van der Waals surface area contributed by atoms with Crippen LogP contribution in [0.4, 0.5) is 0 Å². The fourth-order valence-electron chi connectivity index (χ4n) is 4.02. The molecule has 1 saturated carbocycles. The van der Waals surface area contributed by atoms with Crippen molar-refractivity contribution in [3.05, 3.63) is 51.3 Å². The highest BCUT2D eigenvalue weighted by Crippen LogP contribution is 2.24. The van der Waals surface area contributed by atoms with Crippen molar-refractivity contribution in [1.29, 1.82) is 0 Å². The second kappa shape index (κ2) is 7.80. The molecule has 0 radical (unpaired) electrons. The van der Waals surface area contributed by atoms with Crippen LogP contribution in [0.3, 0.4) is 0 Å². The number of benzene rings is 1. The highest BCUT2D eigenvalue weighted by atomic mass is 32.1. The SMILES string of the molecule is CCn1c(CN2C(=O)c3ccccc3C2=O)csc1=NC1CCCCCC1. The molecule has 0 saturated heterocycles. The Morgan fingerprint density at radius 2 is 1.67 bits per heavy atom. The molecule has 0 bridgehead atoms. The van der Waals surface area contributed by atoms with Gasteiger partial charge in [0.2, 0.25) is 0 Å². The van der Waals surface area contributed by atoms with Crippen LogP contribution in [0, 0.1) is 0 Å². The van der Waals surface area contributed by atoms with Gasteiger partial charge in [0.05, 0.1) is 29.4 Å². The van der Waals surface area contributed by atoms with Gasteiger partial charge in [-0.1, -0.05) is 37.8 Å². The van der Waals surface area contributed by atoms with Crippen molar-refractivity contribution in [2.24, 2.45) is 4.99 Å². The molecule has 2 aliphatic rings. The summed E-state index contributed by atoms with van der Waals surface area (Å²) in [5.41, 5.74) is 1.98. The molecule has 0 atom stereocenters. The van der Waals surface area contributed by atoms with Crippen LogP contribution in [0.15, 0.2) is 34.6 Å². The van der Waals surface area contributed by atoms with Gasteiger partial charge in [-0.15, -0.1) is 11.3 Å². The Morgan fingerprint density at radius 3 is 2.26 bits per heavy atom. The molecule has 142 valence electrons. The molecule has 2 amide bonds. The minimum Gasteiger partial charge on any atom is -0.320 e. The van der Waals surface area contributed by atoms with Gasteiger partial charge < -0.3 is 4.57 Å². The van der Waals surface area contributed by atoms with E-state index in [1.54, 1.807) is 35.6 Å². The van der Waals surface area contributed by atoms with Gasteiger partial charge >= 0.3 is 0 Å². The molecule has 0 unspecified atom stereocenters. The molecule has 0 spiro atoms. The Kier molecular flexibility index (Phi) is 5.25. The minimum absolute atomic E-state index is 0.202. The van der Waals surface area contributed by atoms with Crippen molar-refractivity contribution < 1.29 is 9.59 Å². The summed E-state index contributed by atoms with van der Waals surface area (Å²) < 4.78 is 2.15. The molecule has 4 rings (SSSR count). The number of hydrogen-bond donors (Lipinski definition) is 0. The molecule has 1 aliphatic carbocycles. The Morgan fingerprint density at radius 1 is 1.04 bits per heavy atom. The summed E-state index contributed by atoms with van der Waals surface area (Å²) in [5.74, 6) is -0.404. The smallest absolute Gasteiger partial charge is 0.261 e. The van der Waals surface area contributed by atoms with Crippen molar-refractivity contribution >= 4 is 23.2 Å². The normalized spacial score (nSPS) is 18.9. The van der Waals surface area contributed by atoms with Gasteiger partial charge in [0.1, 0.15) is 0 Å². The van der Waals surface area contributed by atoms with Crippen LogP contribution in [-0.4, -0.2) is 27.3 Å². The van der Waals surface area contributed by atoms with Crippen molar-refractivity contribution in [2.45, 2.75) is 64.6 Å². The van der Waals surface area contributed by atoms with Crippen molar-refractivity contribution in [3.8, 4) is 0 Å². The first-order valence-electron chi connectivity index (χ1n) is 9.85. The molecule has 6 heteroatoms. The number of thiazole rings is 1. The lowest BCUT2D eigenvalue weighted by Crippen LogP contribution is -2.31. The number of hydrogen-bond acceptors (Lipinski definition) is 4. The third-order valence-electron chi connectivity index (χ3n) is 5.51. The number of aromatic nitrogens is 1. The zero-order valence-corrected chi connectivity index (χ0v) is 16.5. The quantitative estimate of drug-likeness (QED) is 0.592. The summed E-state index contributed by atoms with van der Waals surface area (Å²) in [7, 11) is 0. The maximum Gasteiger partial charge on any atom is 0.261 e. The average Bonchev–Trinajstić information content (AvgIpc) is 3.03. The van der Waals surface area contributed by atoms with E-state index in [-0.39, 0.29) is 11.8 Å². The van der Waals surface area contributed by atoms with Gasteiger partial charge in [0.15, 0.2) is 4.80 Å². The van der Waals surface area contributed by atoms with Gasteiger partial charge in [-0.25, -0.2) is 0 Å². The van der Waals surface area contributed by atoms with Crippen molar-refractivity contribution in [1.82, 2.24) is 9.47 Å². The van der Waals surface area contributed by atoms with Crippen molar-refractivity contribution in [3.63, 3.8) is 0 Å². The lowest BCUT2D eigenvalue weighted by atomic mass is 10.1. The second-order valence-electron chi connectivity index (χ2n) is 7.27. The van der Waals surface area contributed by atoms with E-state index in [0.717, 1.165) is 29.9 Å². The van der Waals surface area contributed by atoms with E-state index in [2.05, 4.69) is 11.5 Å². The fraction of sp³-hybridized carbons (Fsp3) is 0.476. The van der Waals surface area contributed by atoms with Crippen molar-refractivity contribution in [2.75, 3.05) is 0 Å². The first-order valence-corrected chi connectivity index (χ1v) is 10.7. The van der Waals surface area contributed by atoms with Gasteiger partial charge in [-0.3, -0.25) is 19.5 Å². The van der Waals surface area contributed by atoms with Crippen LogP contribution >= 0.6 is 11.3 Å². The topological polar surface area (TPSA) is 54.7 Å². The highest BCUT2D eigenvalue weighted by Gasteiger charge is 2.35. The molecule has 1 aromatic heterocycles.